The average molecular weight is 712 g/mol. The first-order valence-corrected chi connectivity index (χ1v) is 16.9. The molecule has 1 N–H and O–H groups in total. The van der Waals surface area contributed by atoms with Crippen molar-refractivity contribution in [2.45, 2.75) is 39.0 Å². The lowest BCUT2D eigenvalue weighted by molar-refractivity contribution is -0.198. The van der Waals surface area contributed by atoms with Crippen molar-refractivity contribution >= 4 is 29.8 Å². The average Bonchev–Trinajstić information content (AvgIpc) is 3.42. The first kappa shape index (κ1) is 42.8. The topological polar surface area (TPSA) is 180 Å². The Morgan fingerprint density at radius 1 is 0.700 bits per heavy atom. The second-order valence-corrected chi connectivity index (χ2v) is 10.8. The van der Waals surface area contributed by atoms with E-state index in [1.165, 1.54) is 0 Å². The number of amides is 3. The summed E-state index contributed by atoms with van der Waals surface area (Å²) in [6.07, 6.45) is 2.75. The van der Waals surface area contributed by atoms with E-state index in [0.29, 0.717) is 117 Å². The predicted octanol–water partition coefficient (Wildman–Crippen LogP) is 1.21. The lowest BCUT2D eigenvalue weighted by Crippen LogP contribution is -2.32. The maximum Gasteiger partial charge on any atom is 0.335 e. The largest absolute Gasteiger partial charge is 0.378 e. The van der Waals surface area contributed by atoms with Gasteiger partial charge in [-0.3, -0.25) is 19.4 Å². The Kier molecular flexibility index (Phi) is 24.3. The molecule has 0 atom stereocenters. The molecule has 1 aliphatic heterocycles. The zero-order valence-corrected chi connectivity index (χ0v) is 29.2. The van der Waals surface area contributed by atoms with E-state index >= 15 is 0 Å². The summed E-state index contributed by atoms with van der Waals surface area (Å²) in [5.74, 6) is -1.77. The number of imide groups is 1. The number of hydrogen-bond donors (Lipinski definition) is 1. The second-order valence-electron chi connectivity index (χ2n) is 10.8. The number of hydroxylamine groups is 2. The van der Waals surface area contributed by atoms with Gasteiger partial charge in [-0.05, 0) is 31.0 Å². The van der Waals surface area contributed by atoms with Gasteiger partial charge >= 0.3 is 5.97 Å². The van der Waals surface area contributed by atoms with Crippen LogP contribution in [0.4, 0.5) is 0 Å². The van der Waals surface area contributed by atoms with Gasteiger partial charge in [0.2, 0.25) is 5.91 Å². The highest BCUT2D eigenvalue weighted by molar-refractivity contribution is 6.01. The highest BCUT2D eigenvalue weighted by Gasteiger charge is 2.32. The third-order valence-corrected chi connectivity index (χ3v) is 6.69. The van der Waals surface area contributed by atoms with Crippen molar-refractivity contribution in [2.24, 2.45) is 0 Å². The normalized spacial score (nSPS) is 12.9. The fourth-order valence-corrected chi connectivity index (χ4v) is 4.21. The summed E-state index contributed by atoms with van der Waals surface area (Å²) in [6, 6.07) is 3.90. The van der Waals surface area contributed by atoms with Gasteiger partial charge in [-0.25, -0.2) is 4.79 Å². The molecule has 1 aromatic rings. The van der Waals surface area contributed by atoms with E-state index in [-0.39, 0.29) is 38.4 Å². The molecule has 50 heavy (non-hydrogen) atoms. The molecule has 0 bridgehead atoms. The Hall–Kier alpha value is -3.35. The predicted molar refractivity (Wildman–Crippen MR) is 179 cm³/mol. The molecule has 16 heteroatoms. The number of nitrogens with zero attached hydrogens (tertiary/aromatic N) is 2. The van der Waals surface area contributed by atoms with Crippen LogP contribution in [0.2, 0.25) is 0 Å². The standard InChI is InChI=1S/C34H53N3O13/c1-3-29-26-28(2)36-30(27-29)4-5-31(38)35-9-11-43-13-15-45-17-19-47-21-23-49-25-24-48-22-20-46-18-16-44-14-12-42-10-8-34(41)50-37-32(39)6-7-33(37)40/h3,26-27H,1,4-25H2,2H3,(H,35,38). The first-order valence-electron chi connectivity index (χ1n) is 16.9. The molecule has 2 rings (SSSR count). The summed E-state index contributed by atoms with van der Waals surface area (Å²) in [5.41, 5.74) is 2.79. The second kappa shape index (κ2) is 28.4. The van der Waals surface area contributed by atoms with Crippen LogP contribution in [-0.2, 0) is 68.3 Å². The third-order valence-electron chi connectivity index (χ3n) is 6.69. The minimum atomic E-state index is -0.702. The van der Waals surface area contributed by atoms with Gasteiger partial charge in [-0.15, -0.1) is 5.06 Å². The van der Waals surface area contributed by atoms with Gasteiger partial charge in [0.25, 0.3) is 11.8 Å². The van der Waals surface area contributed by atoms with E-state index in [2.05, 4.69) is 16.9 Å². The summed E-state index contributed by atoms with van der Waals surface area (Å²) < 4.78 is 43.4. The molecule has 3 amide bonds. The van der Waals surface area contributed by atoms with Crippen LogP contribution in [0.5, 0.6) is 0 Å². The molecular formula is C34H53N3O13. The van der Waals surface area contributed by atoms with Gasteiger partial charge in [0.05, 0.1) is 112 Å². The Morgan fingerprint density at radius 2 is 1.14 bits per heavy atom. The molecular weight excluding hydrogens is 658 g/mol. The zero-order valence-electron chi connectivity index (χ0n) is 29.2. The van der Waals surface area contributed by atoms with Crippen molar-refractivity contribution in [3.05, 3.63) is 35.7 Å². The molecule has 1 fully saturated rings. The molecule has 0 aromatic carbocycles. The van der Waals surface area contributed by atoms with Crippen molar-refractivity contribution in [2.75, 3.05) is 112 Å². The van der Waals surface area contributed by atoms with Crippen molar-refractivity contribution in [1.29, 1.82) is 0 Å². The van der Waals surface area contributed by atoms with E-state index in [1.54, 1.807) is 6.08 Å². The van der Waals surface area contributed by atoms with Gasteiger partial charge < -0.3 is 48.0 Å². The molecule has 0 spiro atoms. The van der Waals surface area contributed by atoms with E-state index in [1.807, 2.05) is 19.1 Å². The Bertz CT molecular complexity index is 1120. The van der Waals surface area contributed by atoms with Crippen LogP contribution in [0.1, 0.15) is 42.6 Å². The number of pyridine rings is 1. The molecule has 1 aliphatic rings. The number of carbonyl (C=O) groups excluding carboxylic acids is 4. The van der Waals surface area contributed by atoms with E-state index in [4.69, 9.17) is 42.7 Å². The van der Waals surface area contributed by atoms with Gasteiger partial charge in [0.1, 0.15) is 0 Å². The van der Waals surface area contributed by atoms with E-state index < -0.39 is 17.8 Å². The van der Waals surface area contributed by atoms with Gasteiger partial charge in [-0.2, -0.15) is 0 Å². The fourth-order valence-electron chi connectivity index (χ4n) is 4.21. The summed E-state index contributed by atoms with van der Waals surface area (Å²) >= 11 is 0. The summed E-state index contributed by atoms with van der Waals surface area (Å²) in [7, 11) is 0. The number of nitrogens with one attached hydrogen (secondary N) is 1. The van der Waals surface area contributed by atoms with Crippen molar-refractivity contribution < 1.29 is 61.9 Å². The van der Waals surface area contributed by atoms with Crippen LogP contribution in [0.25, 0.3) is 6.08 Å². The van der Waals surface area contributed by atoms with Crippen molar-refractivity contribution in [3.63, 3.8) is 0 Å². The number of aromatic nitrogens is 1. The highest BCUT2D eigenvalue weighted by Crippen LogP contribution is 2.12. The van der Waals surface area contributed by atoms with E-state index in [9.17, 15) is 19.2 Å². The van der Waals surface area contributed by atoms with Crippen LogP contribution < -0.4 is 5.32 Å². The smallest absolute Gasteiger partial charge is 0.335 e. The van der Waals surface area contributed by atoms with Crippen LogP contribution in [0, 0.1) is 6.92 Å². The molecule has 2 heterocycles. The molecule has 282 valence electrons. The Labute approximate surface area is 293 Å². The summed E-state index contributed by atoms with van der Waals surface area (Å²) in [6.45, 7) is 12.5. The SMILES string of the molecule is C=Cc1cc(C)nc(CCC(=O)NCCOCCOCCOCCOCCOCCOCCOCCOCCC(=O)ON2C(=O)CCC2=O)c1. The first-order chi connectivity index (χ1) is 24.4. The molecule has 0 radical (unpaired) electrons. The molecule has 0 saturated carbocycles. The number of rotatable bonds is 32. The minimum absolute atomic E-state index is 0.0372. The molecule has 16 nitrogen and oxygen atoms in total. The fraction of sp³-hybridized carbons (Fsp3) is 0.676. The van der Waals surface area contributed by atoms with Crippen molar-refractivity contribution in [1.82, 2.24) is 15.4 Å². The molecule has 1 aromatic heterocycles. The van der Waals surface area contributed by atoms with Crippen LogP contribution in [-0.4, -0.2) is 146 Å². The van der Waals surface area contributed by atoms with Crippen LogP contribution in [0.3, 0.4) is 0 Å². The third kappa shape index (κ3) is 21.7. The van der Waals surface area contributed by atoms with Crippen LogP contribution in [0.15, 0.2) is 18.7 Å². The summed E-state index contributed by atoms with van der Waals surface area (Å²) in [5, 5.41) is 3.36. The zero-order chi connectivity index (χ0) is 36.1. The number of ether oxygens (including phenoxy) is 8. The maximum atomic E-state index is 12.0. The lowest BCUT2D eigenvalue weighted by atomic mass is 10.1. The Balaban J connectivity index is 1.21. The van der Waals surface area contributed by atoms with Crippen molar-refractivity contribution in [3.8, 4) is 0 Å². The molecule has 0 aliphatic carbocycles. The number of carbonyl (C=O) groups is 4. The Morgan fingerprint density at radius 3 is 1.60 bits per heavy atom. The molecule has 1 saturated heterocycles. The lowest BCUT2D eigenvalue weighted by Gasteiger charge is -2.12. The monoisotopic (exact) mass is 711 g/mol. The maximum absolute atomic E-state index is 12.0. The highest BCUT2D eigenvalue weighted by atomic mass is 16.7. The number of aryl methyl sites for hydroxylation is 2. The van der Waals surface area contributed by atoms with E-state index in [0.717, 1.165) is 17.0 Å². The summed E-state index contributed by atoms with van der Waals surface area (Å²) in [4.78, 5) is 55.7. The number of hydrogen-bond acceptors (Lipinski definition) is 14. The van der Waals surface area contributed by atoms with Gasteiger partial charge in [0, 0.05) is 37.2 Å². The van der Waals surface area contributed by atoms with Gasteiger partial charge in [-0.1, -0.05) is 12.7 Å². The minimum Gasteiger partial charge on any atom is -0.378 e. The quantitative estimate of drug-likeness (QED) is 0.0833. The van der Waals surface area contributed by atoms with Crippen LogP contribution >= 0.6 is 0 Å². The van der Waals surface area contributed by atoms with Gasteiger partial charge in [0.15, 0.2) is 0 Å². The molecule has 0 unspecified atom stereocenters.